The summed E-state index contributed by atoms with van der Waals surface area (Å²) < 4.78 is 47.3. The molecule has 4 aliphatic heterocycles. The molecule has 0 unspecified atom stereocenters. The highest BCUT2D eigenvalue weighted by Crippen LogP contribution is 2.54. The Morgan fingerprint density at radius 3 is 2.62 bits per heavy atom. The van der Waals surface area contributed by atoms with E-state index in [1.807, 2.05) is 29.2 Å². The van der Waals surface area contributed by atoms with Crippen molar-refractivity contribution in [1.29, 1.82) is 0 Å². The molecule has 2 atom stereocenters. The molecule has 2 aromatic heterocycles. The van der Waals surface area contributed by atoms with E-state index < -0.39 is 31.4 Å². The van der Waals surface area contributed by atoms with Gasteiger partial charge in [-0.05, 0) is 117 Å². The number of rotatable bonds is 12. The molecule has 3 aromatic carbocycles. The quantitative estimate of drug-likeness (QED) is 0.0828. The number of piperidine rings is 1. The molecule has 4 fully saturated rings. The monoisotopic (exact) mass is 904 g/mol. The lowest BCUT2D eigenvalue weighted by Gasteiger charge is -2.56. The summed E-state index contributed by atoms with van der Waals surface area (Å²) in [7, 11) is -4.58. The van der Waals surface area contributed by atoms with E-state index >= 15 is 0 Å². The molecule has 16 nitrogen and oxygen atoms in total. The smallest absolute Gasteiger partial charge is 0.293 e. The Hall–Kier alpha value is -5.75. The maximum Gasteiger partial charge on any atom is 0.293 e. The highest BCUT2D eigenvalue weighted by atomic mass is 32.2. The summed E-state index contributed by atoms with van der Waals surface area (Å²) in [6.45, 7) is 7.47. The molecule has 0 radical (unpaired) electrons. The Kier molecular flexibility index (Phi) is 11.9. The van der Waals surface area contributed by atoms with E-state index in [1.54, 1.807) is 12.3 Å². The fourth-order valence-corrected chi connectivity index (χ4v) is 11.8. The SMILES string of the molecule is CCc1ccccc1[C@@H]1CCCN1C1CC2(CCN(c3ccc(C(=O)NS(=O)(=O)c4ccc(NC[C@H]5COCCO5)c([N+](=O)[O-])c4)c(N4CCCOc5nc6[nH]ccc6cc54)c3)CC2)C1. The van der Waals surface area contributed by atoms with Gasteiger partial charge in [0.05, 0.1) is 53.6 Å². The number of hydrogen-bond acceptors (Lipinski definition) is 13. The van der Waals surface area contributed by atoms with Gasteiger partial charge in [0.15, 0.2) is 0 Å². The molecule has 17 heteroatoms. The van der Waals surface area contributed by atoms with Crippen molar-refractivity contribution in [1.82, 2.24) is 19.6 Å². The van der Waals surface area contributed by atoms with E-state index in [-0.39, 0.29) is 23.9 Å². The Morgan fingerprint density at radius 2 is 1.82 bits per heavy atom. The number of fused-ring (bicyclic) bond motifs is 2. The first-order valence-electron chi connectivity index (χ1n) is 23.0. The van der Waals surface area contributed by atoms with Gasteiger partial charge in [0, 0.05) is 61.6 Å². The lowest BCUT2D eigenvalue weighted by Crippen LogP contribution is -2.55. The van der Waals surface area contributed by atoms with E-state index in [4.69, 9.17) is 19.2 Å². The van der Waals surface area contributed by atoms with Crippen LogP contribution in [0.3, 0.4) is 0 Å². The molecule has 1 saturated carbocycles. The van der Waals surface area contributed by atoms with Crippen molar-refractivity contribution in [3.05, 3.63) is 106 Å². The third kappa shape index (κ3) is 8.62. The summed E-state index contributed by atoms with van der Waals surface area (Å²) in [6, 6.07) is 23.0. The Morgan fingerprint density at radius 1 is 0.969 bits per heavy atom. The average molecular weight is 905 g/mol. The number of H-pyrrole nitrogens is 1. The second-order valence-corrected chi connectivity index (χ2v) is 19.8. The maximum absolute atomic E-state index is 14.4. The number of benzene rings is 3. The van der Waals surface area contributed by atoms with Gasteiger partial charge in [0.1, 0.15) is 17.0 Å². The van der Waals surface area contributed by atoms with Crippen molar-refractivity contribution < 1.29 is 32.3 Å². The minimum atomic E-state index is -4.58. The zero-order valence-electron chi connectivity index (χ0n) is 36.7. The highest BCUT2D eigenvalue weighted by molar-refractivity contribution is 7.90. The van der Waals surface area contributed by atoms with Gasteiger partial charge >= 0.3 is 0 Å². The van der Waals surface area contributed by atoms with Crippen LogP contribution in [0, 0.1) is 15.5 Å². The fraction of sp³-hybridized carbons (Fsp3) is 0.458. The summed E-state index contributed by atoms with van der Waals surface area (Å²) in [6.07, 6.45) is 10.2. The number of carbonyl (C=O) groups is 1. The molecule has 1 amide bonds. The van der Waals surface area contributed by atoms with Crippen molar-refractivity contribution in [2.75, 3.05) is 74.3 Å². The highest BCUT2D eigenvalue weighted by Gasteiger charge is 2.50. The van der Waals surface area contributed by atoms with Crippen LogP contribution in [0.1, 0.15) is 79.4 Å². The number of nitrogens with one attached hydrogen (secondary N) is 3. The fourth-order valence-electron chi connectivity index (χ4n) is 10.8. The predicted molar refractivity (Wildman–Crippen MR) is 248 cm³/mol. The second kappa shape index (κ2) is 17.9. The number of ether oxygens (including phenoxy) is 3. The minimum Gasteiger partial charge on any atom is -0.476 e. The van der Waals surface area contributed by atoms with Gasteiger partial charge < -0.3 is 34.3 Å². The summed E-state index contributed by atoms with van der Waals surface area (Å²) in [5, 5.41) is 16.0. The van der Waals surface area contributed by atoms with Gasteiger partial charge in [-0.2, -0.15) is 4.98 Å². The third-order valence-electron chi connectivity index (χ3n) is 14.2. The van der Waals surface area contributed by atoms with Crippen LogP contribution in [0.2, 0.25) is 0 Å². The molecule has 65 heavy (non-hydrogen) atoms. The number of nitrogens with zero attached hydrogens (tertiary/aromatic N) is 5. The molecule has 0 bridgehead atoms. The number of pyridine rings is 1. The van der Waals surface area contributed by atoms with Crippen LogP contribution < -0.4 is 24.6 Å². The van der Waals surface area contributed by atoms with Gasteiger partial charge in [0.2, 0.25) is 5.88 Å². The lowest BCUT2D eigenvalue weighted by atomic mass is 9.59. The third-order valence-corrected chi connectivity index (χ3v) is 15.6. The molecule has 1 aliphatic carbocycles. The van der Waals surface area contributed by atoms with Crippen molar-refractivity contribution >= 4 is 55.4 Å². The van der Waals surface area contributed by atoms with E-state index in [1.165, 1.54) is 48.9 Å². The molecule has 5 aliphatic rings. The molecule has 3 saturated heterocycles. The van der Waals surface area contributed by atoms with Crippen LogP contribution in [0.4, 0.5) is 28.4 Å². The van der Waals surface area contributed by atoms with Gasteiger partial charge in [-0.3, -0.25) is 19.8 Å². The molecular formula is C48H56N8O8S. The van der Waals surface area contributed by atoms with Gasteiger partial charge in [0.25, 0.3) is 21.6 Å². The molecular weight excluding hydrogens is 849 g/mol. The van der Waals surface area contributed by atoms with E-state index in [9.17, 15) is 23.3 Å². The van der Waals surface area contributed by atoms with Crippen molar-refractivity contribution in [2.45, 2.75) is 81.4 Å². The van der Waals surface area contributed by atoms with Crippen molar-refractivity contribution in [3.8, 4) is 5.88 Å². The van der Waals surface area contributed by atoms with Crippen LogP contribution in [0.25, 0.3) is 11.0 Å². The minimum absolute atomic E-state index is 0.120. The van der Waals surface area contributed by atoms with Crippen LogP contribution in [-0.4, -0.2) is 105 Å². The number of aromatic nitrogens is 2. The van der Waals surface area contributed by atoms with Crippen molar-refractivity contribution in [2.24, 2.45) is 5.41 Å². The number of nitro groups is 1. The van der Waals surface area contributed by atoms with Gasteiger partial charge in [-0.15, -0.1) is 0 Å². The first-order chi connectivity index (χ1) is 31.6. The van der Waals surface area contributed by atoms with Crippen LogP contribution in [0.15, 0.2) is 83.9 Å². The molecule has 10 rings (SSSR count). The zero-order valence-corrected chi connectivity index (χ0v) is 37.5. The number of nitro benzene ring substituents is 1. The Labute approximate surface area is 378 Å². The lowest BCUT2D eigenvalue weighted by molar-refractivity contribution is -0.384. The summed E-state index contributed by atoms with van der Waals surface area (Å²) in [5.74, 6) is -0.462. The van der Waals surface area contributed by atoms with E-state index in [0.717, 1.165) is 56.0 Å². The number of likely N-dealkylation sites (tertiary alicyclic amines) is 1. The number of carbonyl (C=O) groups excluding carboxylic acids is 1. The zero-order chi connectivity index (χ0) is 44.7. The van der Waals surface area contributed by atoms with Gasteiger partial charge in [-0.1, -0.05) is 31.2 Å². The van der Waals surface area contributed by atoms with Crippen molar-refractivity contribution in [3.63, 3.8) is 0 Å². The topological polar surface area (TPSA) is 185 Å². The number of aromatic amines is 1. The summed E-state index contributed by atoms with van der Waals surface area (Å²) in [5.41, 5.74) is 5.84. The van der Waals surface area contributed by atoms with Crippen LogP contribution in [0.5, 0.6) is 5.88 Å². The number of anilines is 4. The summed E-state index contributed by atoms with van der Waals surface area (Å²) in [4.78, 5) is 40.5. The van der Waals surface area contributed by atoms with Crippen LogP contribution in [-0.2, 0) is 25.9 Å². The Bertz CT molecular complexity index is 2690. The molecule has 3 N–H and O–H groups in total. The summed E-state index contributed by atoms with van der Waals surface area (Å²) >= 11 is 0. The largest absolute Gasteiger partial charge is 0.476 e. The van der Waals surface area contributed by atoms with E-state index in [2.05, 4.69) is 56.0 Å². The number of amides is 1. The first-order valence-corrected chi connectivity index (χ1v) is 24.5. The Balaban J connectivity index is 0.898. The number of hydrogen-bond donors (Lipinski definition) is 3. The van der Waals surface area contributed by atoms with Gasteiger partial charge in [-0.25, -0.2) is 13.1 Å². The predicted octanol–water partition coefficient (Wildman–Crippen LogP) is 7.49. The van der Waals surface area contributed by atoms with E-state index in [0.29, 0.717) is 79.8 Å². The maximum atomic E-state index is 14.4. The first kappa shape index (κ1) is 43.2. The molecule has 6 heterocycles. The number of sulfonamides is 1. The average Bonchev–Trinajstić information content (AvgIpc) is 3.94. The molecule has 5 aromatic rings. The van der Waals surface area contributed by atoms with Crippen LogP contribution >= 0.6 is 0 Å². The standard InChI is InChI=1S/C48H56N8O8S/c1-2-32-7-3-4-8-38(32)41-9-5-18-54(41)35-28-48(29-35)15-20-53(21-16-48)34-10-12-39(42(26-34)55-19-6-22-64-47-44(55)25-33-14-17-49-45(33)51-47)46(57)52-65(60,61)37-11-13-40(43(27-37)56(58)59)50-30-36-31-62-23-24-63-36/h3-4,7-8,10-14,17,25-27,35-36,41,50H,2,5-6,9,15-16,18-24,28-31H2,1H3,(H,49,51)(H,52,57)/t36-,41-/m0/s1. The normalized spacial score (nSPS) is 21.4. The molecule has 1 spiro atoms. The second-order valence-electron chi connectivity index (χ2n) is 18.1. The number of aryl methyl sites for hydroxylation is 1. The molecule has 342 valence electrons.